The van der Waals surface area contributed by atoms with E-state index in [2.05, 4.69) is 10.2 Å². The van der Waals surface area contributed by atoms with Crippen LogP contribution in [0.1, 0.15) is 15.9 Å². The molecular weight excluding hydrogens is 264 g/mol. The van der Waals surface area contributed by atoms with Crippen molar-refractivity contribution in [3.63, 3.8) is 0 Å². The van der Waals surface area contributed by atoms with Crippen molar-refractivity contribution in [2.45, 2.75) is 6.92 Å². The molecule has 1 heterocycles. The molecule has 108 valence electrons. The lowest BCUT2D eigenvalue weighted by molar-refractivity contribution is 0.102. The Balaban J connectivity index is 1.81. The number of benzene rings is 2. The molecular formula is C17H18N2O2. The maximum absolute atomic E-state index is 12.2. The minimum atomic E-state index is -0.109. The number of hydrogen-bond donors (Lipinski definition) is 1. The largest absolute Gasteiger partial charge is 0.489 e. The molecule has 1 amide bonds. The van der Waals surface area contributed by atoms with Crippen molar-refractivity contribution < 1.29 is 9.53 Å². The number of aryl methyl sites for hydroxylation is 1. The van der Waals surface area contributed by atoms with Gasteiger partial charge >= 0.3 is 0 Å². The minimum Gasteiger partial charge on any atom is -0.489 e. The number of anilines is 2. The molecule has 1 aliphatic heterocycles. The van der Waals surface area contributed by atoms with Crippen LogP contribution in [0.2, 0.25) is 0 Å². The van der Waals surface area contributed by atoms with Crippen LogP contribution in [0.25, 0.3) is 0 Å². The van der Waals surface area contributed by atoms with Gasteiger partial charge in [-0.15, -0.1) is 0 Å². The number of fused-ring (bicyclic) bond motifs is 1. The smallest absolute Gasteiger partial charge is 0.255 e. The summed E-state index contributed by atoms with van der Waals surface area (Å²) >= 11 is 0. The number of rotatable bonds is 2. The number of carbonyl (C=O) groups is 1. The van der Waals surface area contributed by atoms with Gasteiger partial charge in [0.15, 0.2) is 0 Å². The summed E-state index contributed by atoms with van der Waals surface area (Å²) in [5.41, 5.74) is 3.52. The molecule has 2 aromatic carbocycles. The lowest BCUT2D eigenvalue weighted by Crippen LogP contribution is -2.28. The highest BCUT2D eigenvalue weighted by atomic mass is 16.5. The van der Waals surface area contributed by atoms with Crippen LogP contribution in [0.15, 0.2) is 42.5 Å². The first kappa shape index (κ1) is 13.5. The Morgan fingerprint density at radius 3 is 2.90 bits per heavy atom. The average Bonchev–Trinajstić information content (AvgIpc) is 2.47. The molecule has 0 aliphatic carbocycles. The molecule has 4 nitrogen and oxygen atoms in total. The quantitative estimate of drug-likeness (QED) is 0.920. The zero-order valence-corrected chi connectivity index (χ0v) is 12.2. The Hall–Kier alpha value is -2.49. The fraction of sp³-hybridized carbons (Fsp3) is 0.235. The first-order valence-corrected chi connectivity index (χ1v) is 6.99. The third kappa shape index (κ3) is 2.84. The van der Waals surface area contributed by atoms with Gasteiger partial charge in [-0.1, -0.05) is 17.7 Å². The van der Waals surface area contributed by atoms with Gasteiger partial charge in [-0.3, -0.25) is 4.79 Å². The number of likely N-dealkylation sites (N-methyl/N-ethyl adjacent to an activating group) is 1. The highest BCUT2D eigenvalue weighted by Crippen LogP contribution is 2.33. The third-order valence-corrected chi connectivity index (χ3v) is 3.59. The molecule has 3 rings (SSSR count). The first-order valence-electron chi connectivity index (χ1n) is 6.99. The zero-order valence-electron chi connectivity index (χ0n) is 12.2. The molecule has 1 N–H and O–H groups in total. The van der Waals surface area contributed by atoms with E-state index in [9.17, 15) is 4.79 Å². The lowest BCUT2D eigenvalue weighted by atomic mass is 10.1. The number of carbonyl (C=O) groups excluding carboxylic acids is 1. The molecule has 0 saturated heterocycles. The molecule has 0 unspecified atom stereocenters. The van der Waals surface area contributed by atoms with Crippen LogP contribution in [-0.2, 0) is 0 Å². The van der Waals surface area contributed by atoms with Crippen molar-refractivity contribution >= 4 is 17.3 Å². The first-order chi connectivity index (χ1) is 10.1. The Bertz CT molecular complexity index is 682. The van der Waals surface area contributed by atoms with Crippen LogP contribution in [0.3, 0.4) is 0 Å². The van der Waals surface area contributed by atoms with E-state index >= 15 is 0 Å². The second-order valence-electron chi connectivity index (χ2n) is 5.28. The Kier molecular flexibility index (Phi) is 3.52. The van der Waals surface area contributed by atoms with Crippen molar-refractivity contribution in [3.05, 3.63) is 53.6 Å². The Morgan fingerprint density at radius 1 is 1.24 bits per heavy atom. The monoisotopic (exact) mass is 282 g/mol. The summed E-state index contributed by atoms with van der Waals surface area (Å²) in [4.78, 5) is 14.4. The second kappa shape index (κ2) is 5.48. The van der Waals surface area contributed by atoms with Gasteiger partial charge in [-0.2, -0.15) is 0 Å². The molecule has 2 aromatic rings. The van der Waals surface area contributed by atoms with E-state index in [1.54, 1.807) is 0 Å². The van der Waals surface area contributed by atoms with E-state index in [1.807, 2.05) is 56.4 Å². The van der Waals surface area contributed by atoms with E-state index in [-0.39, 0.29) is 5.91 Å². The van der Waals surface area contributed by atoms with E-state index in [0.29, 0.717) is 12.2 Å². The van der Waals surface area contributed by atoms with Gasteiger partial charge < -0.3 is 15.0 Å². The fourth-order valence-corrected chi connectivity index (χ4v) is 2.43. The number of nitrogens with zero attached hydrogens (tertiary/aromatic N) is 1. The van der Waals surface area contributed by atoms with Gasteiger partial charge in [0.1, 0.15) is 12.4 Å². The Labute approximate surface area is 124 Å². The van der Waals surface area contributed by atoms with Crippen LogP contribution in [0, 0.1) is 6.92 Å². The second-order valence-corrected chi connectivity index (χ2v) is 5.28. The molecule has 0 bridgehead atoms. The van der Waals surface area contributed by atoms with Gasteiger partial charge in [0, 0.05) is 24.4 Å². The van der Waals surface area contributed by atoms with Crippen LogP contribution < -0.4 is 15.0 Å². The fourth-order valence-electron chi connectivity index (χ4n) is 2.43. The Morgan fingerprint density at radius 2 is 2.10 bits per heavy atom. The van der Waals surface area contributed by atoms with Crippen LogP contribution >= 0.6 is 0 Å². The highest BCUT2D eigenvalue weighted by Gasteiger charge is 2.15. The van der Waals surface area contributed by atoms with E-state index in [1.165, 1.54) is 0 Å². The SMILES string of the molecule is Cc1cccc(C(=O)Nc2ccc3c(c2)OCCN3C)c1. The van der Waals surface area contributed by atoms with Gasteiger partial charge in [-0.25, -0.2) is 0 Å². The predicted octanol–water partition coefficient (Wildman–Crippen LogP) is 3.08. The maximum Gasteiger partial charge on any atom is 0.255 e. The lowest BCUT2D eigenvalue weighted by Gasteiger charge is -2.27. The summed E-state index contributed by atoms with van der Waals surface area (Å²) in [7, 11) is 2.03. The van der Waals surface area contributed by atoms with Crippen molar-refractivity contribution in [1.82, 2.24) is 0 Å². The van der Waals surface area contributed by atoms with Crippen molar-refractivity contribution in [3.8, 4) is 5.75 Å². The van der Waals surface area contributed by atoms with E-state index < -0.39 is 0 Å². The van der Waals surface area contributed by atoms with Gasteiger partial charge in [0.2, 0.25) is 0 Å². The molecule has 0 saturated carbocycles. The summed E-state index contributed by atoms with van der Waals surface area (Å²) in [6, 6.07) is 13.3. The van der Waals surface area contributed by atoms with Crippen molar-refractivity contribution in [2.24, 2.45) is 0 Å². The normalized spacial score (nSPS) is 13.3. The number of nitrogens with one attached hydrogen (secondary N) is 1. The number of ether oxygens (including phenoxy) is 1. The van der Waals surface area contributed by atoms with E-state index in [4.69, 9.17) is 4.74 Å². The van der Waals surface area contributed by atoms with Crippen molar-refractivity contribution in [1.29, 1.82) is 0 Å². The third-order valence-electron chi connectivity index (χ3n) is 3.59. The molecule has 0 atom stereocenters. The molecule has 1 aliphatic rings. The summed E-state index contributed by atoms with van der Waals surface area (Å²) in [6.45, 7) is 3.51. The predicted molar refractivity (Wildman–Crippen MR) is 84.3 cm³/mol. The summed E-state index contributed by atoms with van der Waals surface area (Å²) in [5.74, 6) is 0.702. The average molecular weight is 282 g/mol. The van der Waals surface area contributed by atoms with Gasteiger partial charge in [0.25, 0.3) is 5.91 Å². The highest BCUT2D eigenvalue weighted by molar-refractivity contribution is 6.04. The van der Waals surface area contributed by atoms with Crippen LogP contribution in [0.4, 0.5) is 11.4 Å². The van der Waals surface area contributed by atoms with Gasteiger partial charge in [0.05, 0.1) is 12.2 Å². The molecule has 0 radical (unpaired) electrons. The molecule has 21 heavy (non-hydrogen) atoms. The zero-order chi connectivity index (χ0) is 14.8. The van der Waals surface area contributed by atoms with Gasteiger partial charge in [-0.05, 0) is 31.2 Å². The molecule has 4 heteroatoms. The van der Waals surface area contributed by atoms with Crippen LogP contribution in [-0.4, -0.2) is 26.1 Å². The molecule has 0 spiro atoms. The summed E-state index contributed by atoms with van der Waals surface area (Å²) < 4.78 is 5.65. The van der Waals surface area contributed by atoms with Crippen molar-refractivity contribution in [2.75, 3.05) is 30.4 Å². The standard InChI is InChI=1S/C17H18N2O2/c1-12-4-3-5-13(10-12)17(20)18-14-6-7-15-16(11-14)21-9-8-19(15)2/h3-7,10-11H,8-9H2,1-2H3,(H,18,20). The summed E-state index contributed by atoms with van der Waals surface area (Å²) in [5, 5.41) is 2.91. The minimum absolute atomic E-state index is 0.109. The van der Waals surface area contributed by atoms with Crippen LogP contribution in [0.5, 0.6) is 5.75 Å². The molecule has 0 fully saturated rings. The number of hydrogen-bond acceptors (Lipinski definition) is 3. The molecule has 0 aromatic heterocycles. The van der Waals surface area contributed by atoms with E-state index in [0.717, 1.165) is 29.2 Å². The number of amides is 1. The topological polar surface area (TPSA) is 41.6 Å². The summed E-state index contributed by atoms with van der Waals surface area (Å²) in [6.07, 6.45) is 0. The maximum atomic E-state index is 12.2.